The maximum absolute atomic E-state index is 12.8. The third kappa shape index (κ3) is 4.78. The Labute approximate surface area is 148 Å². The molecule has 0 aromatic carbocycles. The van der Waals surface area contributed by atoms with Gasteiger partial charge in [-0.05, 0) is 12.8 Å². The van der Waals surface area contributed by atoms with E-state index in [4.69, 9.17) is 9.47 Å². The van der Waals surface area contributed by atoms with Crippen molar-refractivity contribution in [3.63, 3.8) is 0 Å². The van der Waals surface area contributed by atoms with Crippen molar-refractivity contribution in [2.75, 3.05) is 59.7 Å². The number of aliphatic hydroxyl groups is 1. The molecule has 1 unspecified atom stereocenters. The fourth-order valence-electron chi connectivity index (χ4n) is 3.51. The maximum Gasteiger partial charge on any atom is 0.257 e. The van der Waals surface area contributed by atoms with Crippen LogP contribution in [-0.2, 0) is 9.47 Å². The van der Waals surface area contributed by atoms with Gasteiger partial charge in [0, 0.05) is 52.4 Å². The van der Waals surface area contributed by atoms with Gasteiger partial charge in [0.2, 0.25) is 0 Å². The number of aliphatic hydroxyl groups excluding tert-OH is 1. The van der Waals surface area contributed by atoms with Gasteiger partial charge < -0.3 is 19.5 Å². The molecule has 0 radical (unpaired) electrons. The first kappa shape index (κ1) is 18.3. The van der Waals surface area contributed by atoms with Crippen molar-refractivity contribution in [2.45, 2.75) is 24.9 Å². The summed E-state index contributed by atoms with van der Waals surface area (Å²) in [6, 6.07) is 0. The highest BCUT2D eigenvalue weighted by atomic mass is 16.5. The summed E-state index contributed by atoms with van der Waals surface area (Å²) in [6.07, 6.45) is 2.81. The van der Waals surface area contributed by atoms with E-state index in [-0.39, 0.29) is 11.8 Å². The van der Waals surface area contributed by atoms with Gasteiger partial charge in [0.05, 0.1) is 36.8 Å². The topological polar surface area (TPSA) is 90.9 Å². The van der Waals surface area contributed by atoms with Crippen molar-refractivity contribution in [3.8, 4) is 0 Å². The SMILES string of the molecule is CN(CC(O)CN1CCOCC1)C(=O)c1cn[nH]c1C1CCOCC1. The van der Waals surface area contributed by atoms with Crippen molar-refractivity contribution < 1.29 is 19.4 Å². The van der Waals surface area contributed by atoms with Gasteiger partial charge in [0.25, 0.3) is 5.91 Å². The molecular weight excluding hydrogens is 324 g/mol. The normalized spacial score (nSPS) is 21.2. The fraction of sp³-hybridized carbons (Fsp3) is 0.765. The average molecular weight is 352 g/mol. The lowest BCUT2D eigenvalue weighted by Crippen LogP contribution is -2.45. The van der Waals surface area contributed by atoms with E-state index in [0.29, 0.717) is 45.1 Å². The van der Waals surface area contributed by atoms with Crippen LogP contribution in [0, 0.1) is 0 Å². The Bertz CT molecular complexity index is 553. The van der Waals surface area contributed by atoms with Crippen molar-refractivity contribution in [2.24, 2.45) is 0 Å². The minimum Gasteiger partial charge on any atom is -0.390 e. The number of carbonyl (C=O) groups is 1. The summed E-state index contributed by atoms with van der Waals surface area (Å²) >= 11 is 0. The lowest BCUT2D eigenvalue weighted by Gasteiger charge is -2.30. The number of likely N-dealkylation sites (N-methyl/N-ethyl adjacent to an activating group) is 1. The molecule has 140 valence electrons. The number of aromatic amines is 1. The maximum atomic E-state index is 12.8. The Hall–Kier alpha value is -1.48. The molecule has 0 bridgehead atoms. The molecule has 2 saturated heterocycles. The van der Waals surface area contributed by atoms with Crippen LogP contribution in [0.4, 0.5) is 0 Å². The van der Waals surface area contributed by atoms with E-state index in [2.05, 4.69) is 15.1 Å². The minimum atomic E-state index is -0.578. The molecule has 0 saturated carbocycles. The van der Waals surface area contributed by atoms with Crippen molar-refractivity contribution in [1.29, 1.82) is 0 Å². The molecule has 2 aliphatic rings. The average Bonchev–Trinajstić information content (AvgIpc) is 3.12. The minimum absolute atomic E-state index is 0.101. The fourth-order valence-corrected chi connectivity index (χ4v) is 3.51. The molecule has 1 atom stereocenters. The number of amides is 1. The number of morpholine rings is 1. The zero-order valence-electron chi connectivity index (χ0n) is 14.8. The predicted octanol–water partition coefficient (Wildman–Crippen LogP) is 0.0688. The molecule has 8 nitrogen and oxygen atoms in total. The lowest BCUT2D eigenvalue weighted by molar-refractivity contribution is 0.00876. The number of H-pyrrole nitrogens is 1. The van der Waals surface area contributed by atoms with Crippen molar-refractivity contribution in [1.82, 2.24) is 20.0 Å². The van der Waals surface area contributed by atoms with E-state index in [1.54, 1.807) is 18.1 Å². The quantitative estimate of drug-likeness (QED) is 0.753. The van der Waals surface area contributed by atoms with Crippen LogP contribution in [0.1, 0.15) is 34.8 Å². The first-order valence-corrected chi connectivity index (χ1v) is 8.99. The van der Waals surface area contributed by atoms with Gasteiger partial charge >= 0.3 is 0 Å². The number of ether oxygens (including phenoxy) is 2. The van der Waals surface area contributed by atoms with Crippen LogP contribution in [0.15, 0.2) is 6.20 Å². The Morgan fingerprint density at radius 1 is 1.36 bits per heavy atom. The zero-order valence-corrected chi connectivity index (χ0v) is 14.8. The molecule has 25 heavy (non-hydrogen) atoms. The summed E-state index contributed by atoms with van der Waals surface area (Å²) in [4.78, 5) is 16.5. The summed E-state index contributed by atoms with van der Waals surface area (Å²) in [5.74, 6) is 0.179. The van der Waals surface area contributed by atoms with E-state index >= 15 is 0 Å². The Morgan fingerprint density at radius 3 is 2.76 bits per heavy atom. The third-order valence-corrected chi connectivity index (χ3v) is 4.93. The number of rotatable bonds is 6. The zero-order chi connectivity index (χ0) is 17.6. The van der Waals surface area contributed by atoms with E-state index in [0.717, 1.165) is 31.6 Å². The number of aromatic nitrogens is 2. The van der Waals surface area contributed by atoms with Crippen LogP contribution in [0.2, 0.25) is 0 Å². The molecular formula is C17H28N4O4. The molecule has 2 N–H and O–H groups in total. The first-order chi connectivity index (χ1) is 12.1. The molecule has 8 heteroatoms. The third-order valence-electron chi connectivity index (χ3n) is 4.93. The summed E-state index contributed by atoms with van der Waals surface area (Å²) < 4.78 is 10.7. The van der Waals surface area contributed by atoms with Crippen LogP contribution < -0.4 is 0 Å². The highest BCUT2D eigenvalue weighted by Gasteiger charge is 2.26. The molecule has 2 aliphatic heterocycles. The molecule has 3 heterocycles. The van der Waals surface area contributed by atoms with Crippen LogP contribution in [0.5, 0.6) is 0 Å². The summed E-state index contributed by atoms with van der Waals surface area (Å²) in [6.45, 7) is 5.33. The van der Waals surface area contributed by atoms with Crippen molar-refractivity contribution in [3.05, 3.63) is 17.5 Å². The summed E-state index contributed by atoms with van der Waals surface area (Å²) in [5.41, 5.74) is 1.50. The second-order valence-electron chi connectivity index (χ2n) is 6.84. The summed E-state index contributed by atoms with van der Waals surface area (Å²) in [7, 11) is 1.73. The molecule has 1 aromatic rings. The molecule has 3 rings (SSSR count). The largest absolute Gasteiger partial charge is 0.390 e. The first-order valence-electron chi connectivity index (χ1n) is 8.99. The van der Waals surface area contributed by atoms with Crippen molar-refractivity contribution >= 4 is 5.91 Å². The number of hydrogen-bond acceptors (Lipinski definition) is 6. The second kappa shape index (κ2) is 8.75. The molecule has 1 aromatic heterocycles. The van der Waals surface area contributed by atoms with E-state index < -0.39 is 6.10 Å². The summed E-state index contributed by atoms with van der Waals surface area (Å²) in [5, 5.41) is 17.4. The molecule has 1 amide bonds. The van der Waals surface area contributed by atoms with Crippen LogP contribution in [0.3, 0.4) is 0 Å². The van der Waals surface area contributed by atoms with Gasteiger partial charge in [-0.15, -0.1) is 0 Å². The number of β-amino-alcohol motifs (C(OH)–C–C–N with tert-alkyl or cyclic N) is 1. The van der Waals surface area contributed by atoms with Gasteiger partial charge in [0.1, 0.15) is 0 Å². The number of hydrogen-bond donors (Lipinski definition) is 2. The van der Waals surface area contributed by atoms with E-state index in [1.807, 2.05) is 0 Å². The van der Waals surface area contributed by atoms with E-state index in [1.165, 1.54) is 0 Å². The molecule has 0 aliphatic carbocycles. The molecule has 0 spiro atoms. The van der Waals surface area contributed by atoms with E-state index in [9.17, 15) is 9.90 Å². The Balaban J connectivity index is 1.56. The number of nitrogens with one attached hydrogen (secondary N) is 1. The lowest BCUT2D eigenvalue weighted by atomic mass is 9.93. The number of nitrogens with zero attached hydrogens (tertiary/aromatic N) is 3. The van der Waals surface area contributed by atoms with Crippen LogP contribution >= 0.6 is 0 Å². The van der Waals surface area contributed by atoms with Crippen LogP contribution in [0.25, 0.3) is 0 Å². The highest BCUT2D eigenvalue weighted by molar-refractivity contribution is 5.95. The van der Waals surface area contributed by atoms with Gasteiger partial charge in [-0.25, -0.2) is 0 Å². The van der Waals surface area contributed by atoms with Gasteiger partial charge in [-0.3, -0.25) is 14.8 Å². The predicted molar refractivity (Wildman–Crippen MR) is 91.6 cm³/mol. The highest BCUT2D eigenvalue weighted by Crippen LogP contribution is 2.28. The van der Waals surface area contributed by atoms with Crippen LogP contribution in [-0.4, -0.2) is 96.8 Å². The van der Waals surface area contributed by atoms with Gasteiger partial charge in [-0.1, -0.05) is 0 Å². The number of carbonyl (C=O) groups excluding carboxylic acids is 1. The smallest absolute Gasteiger partial charge is 0.257 e. The monoisotopic (exact) mass is 352 g/mol. The molecule has 2 fully saturated rings. The second-order valence-corrected chi connectivity index (χ2v) is 6.84. The standard InChI is InChI=1S/C17H28N4O4/c1-20(11-14(22)12-21-4-8-25-9-5-21)17(23)15-10-18-19-16(15)13-2-6-24-7-3-13/h10,13-14,22H,2-9,11-12H2,1H3,(H,18,19). The Morgan fingerprint density at radius 2 is 2.04 bits per heavy atom. The Kier molecular flexibility index (Phi) is 6.41. The van der Waals surface area contributed by atoms with Gasteiger partial charge in [-0.2, -0.15) is 5.10 Å². The van der Waals surface area contributed by atoms with Gasteiger partial charge in [0.15, 0.2) is 0 Å².